The lowest BCUT2D eigenvalue weighted by Crippen LogP contribution is -2.44. The van der Waals surface area contributed by atoms with Gasteiger partial charge in [0.2, 0.25) is 0 Å². The first-order valence-corrected chi connectivity index (χ1v) is 9.52. The number of rotatable bonds is 7. The Hall–Kier alpha value is -1.55. The molecule has 1 saturated heterocycles. The van der Waals surface area contributed by atoms with E-state index in [0.717, 1.165) is 57.3 Å². The van der Waals surface area contributed by atoms with Gasteiger partial charge in [-0.25, -0.2) is 4.98 Å². The van der Waals surface area contributed by atoms with Crippen molar-refractivity contribution < 1.29 is 0 Å². The van der Waals surface area contributed by atoms with Crippen molar-refractivity contribution in [1.29, 1.82) is 0 Å². The summed E-state index contributed by atoms with van der Waals surface area (Å²) in [5.74, 6) is 1.73. The number of hydrogen-bond donors (Lipinski definition) is 2. The molecule has 2 aromatic heterocycles. The van der Waals surface area contributed by atoms with Crippen LogP contribution < -0.4 is 15.5 Å². The van der Waals surface area contributed by atoms with E-state index in [4.69, 9.17) is 11.6 Å². The molecule has 1 aliphatic heterocycles. The van der Waals surface area contributed by atoms with Gasteiger partial charge in [-0.05, 0) is 38.0 Å². The first-order chi connectivity index (χ1) is 12.8. The highest BCUT2D eigenvalue weighted by molar-refractivity contribution is 14.0. The van der Waals surface area contributed by atoms with Crippen LogP contribution in [0, 0.1) is 0 Å². The molecule has 27 heavy (non-hydrogen) atoms. The molecule has 2 N–H and O–H groups in total. The number of pyridine rings is 1. The van der Waals surface area contributed by atoms with Crippen LogP contribution in [-0.2, 0) is 6.54 Å². The van der Waals surface area contributed by atoms with Crippen LogP contribution in [0.3, 0.4) is 0 Å². The average Bonchev–Trinajstić information content (AvgIpc) is 3.31. The van der Waals surface area contributed by atoms with Gasteiger partial charge in [-0.2, -0.15) is 5.10 Å². The number of guanidine groups is 1. The quantitative estimate of drug-likeness (QED) is 0.263. The van der Waals surface area contributed by atoms with Crippen molar-refractivity contribution in [2.24, 2.45) is 4.99 Å². The van der Waals surface area contributed by atoms with Crippen LogP contribution in [0.1, 0.15) is 19.8 Å². The van der Waals surface area contributed by atoms with E-state index in [2.05, 4.69) is 37.5 Å². The highest BCUT2D eigenvalue weighted by atomic mass is 127. The zero-order chi connectivity index (χ0) is 18.2. The second kappa shape index (κ2) is 11.3. The van der Waals surface area contributed by atoms with Crippen LogP contribution in [0.15, 0.2) is 41.8 Å². The monoisotopic (exact) mass is 503 g/mol. The van der Waals surface area contributed by atoms with Gasteiger partial charge in [-0.3, -0.25) is 9.67 Å². The maximum Gasteiger partial charge on any atom is 0.191 e. The number of aryl methyl sites for hydroxylation is 1. The van der Waals surface area contributed by atoms with Gasteiger partial charge < -0.3 is 15.5 Å². The molecule has 0 aromatic carbocycles. The maximum absolute atomic E-state index is 6.27. The summed E-state index contributed by atoms with van der Waals surface area (Å²) in [6.07, 6.45) is 7.55. The largest absolute Gasteiger partial charge is 0.357 e. The van der Waals surface area contributed by atoms with Gasteiger partial charge in [0.1, 0.15) is 5.82 Å². The Morgan fingerprint density at radius 1 is 1.37 bits per heavy atom. The highest BCUT2D eigenvalue weighted by Gasteiger charge is 2.25. The molecular weight excluding hydrogens is 477 g/mol. The SMILES string of the molecule is CCNC(=NCCCn1cccn1)NC1CCN(c2ncccc2Cl)C1.I. The molecule has 9 heteroatoms. The Labute approximate surface area is 182 Å². The van der Waals surface area contributed by atoms with Gasteiger partial charge in [0.25, 0.3) is 0 Å². The first-order valence-electron chi connectivity index (χ1n) is 9.14. The van der Waals surface area contributed by atoms with Crippen molar-refractivity contribution in [3.63, 3.8) is 0 Å². The summed E-state index contributed by atoms with van der Waals surface area (Å²) in [5, 5.41) is 11.8. The summed E-state index contributed by atoms with van der Waals surface area (Å²) in [7, 11) is 0. The van der Waals surface area contributed by atoms with Gasteiger partial charge in [-0.15, -0.1) is 24.0 Å². The number of halogens is 2. The van der Waals surface area contributed by atoms with Crippen molar-refractivity contribution in [3.8, 4) is 0 Å². The number of nitrogens with zero attached hydrogens (tertiary/aromatic N) is 5. The van der Waals surface area contributed by atoms with Crippen molar-refractivity contribution in [2.75, 3.05) is 31.1 Å². The normalized spacial score (nSPS) is 16.9. The zero-order valence-electron chi connectivity index (χ0n) is 15.5. The summed E-state index contributed by atoms with van der Waals surface area (Å²) in [6.45, 7) is 6.37. The van der Waals surface area contributed by atoms with E-state index in [1.165, 1.54) is 0 Å². The molecule has 0 saturated carbocycles. The molecular formula is C18H27ClIN7. The fourth-order valence-electron chi connectivity index (χ4n) is 3.05. The third kappa shape index (κ3) is 6.53. The summed E-state index contributed by atoms with van der Waals surface area (Å²) in [4.78, 5) is 11.3. The lowest BCUT2D eigenvalue weighted by Gasteiger charge is -2.20. The van der Waals surface area contributed by atoms with E-state index in [0.29, 0.717) is 11.1 Å². The molecule has 0 bridgehead atoms. The van der Waals surface area contributed by atoms with Gasteiger partial charge in [0, 0.05) is 57.4 Å². The third-order valence-corrected chi connectivity index (χ3v) is 4.58. The summed E-state index contributed by atoms with van der Waals surface area (Å²) in [5.41, 5.74) is 0. The molecule has 3 rings (SSSR count). The highest BCUT2D eigenvalue weighted by Crippen LogP contribution is 2.25. The minimum atomic E-state index is 0. The molecule has 1 fully saturated rings. The Kier molecular flexibility index (Phi) is 9.12. The number of aromatic nitrogens is 3. The van der Waals surface area contributed by atoms with Gasteiger partial charge in [-0.1, -0.05) is 11.6 Å². The number of aliphatic imine (C=N–C) groups is 1. The van der Waals surface area contributed by atoms with Gasteiger partial charge in [0.05, 0.1) is 5.02 Å². The minimum absolute atomic E-state index is 0. The summed E-state index contributed by atoms with van der Waals surface area (Å²) >= 11 is 6.27. The van der Waals surface area contributed by atoms with Gasteiger partial charge >= 0.3 is 0 Å². The molecule has 0 radical (unpaired) electrons. The molecule has 1 aliphatic rings. The van der Waals surface area contributed by atoms with Crippen molar-refractivity contribution >= 4 is 47.4 Å². The van der Waals surface area contributed by atoms with E-state index in [-0.39, 0.29) is 24.0 Å². The van der Waals surface area contributed by atoms with E-state index in [1.54, 1.807) is 12.4 Å². The van der Waals surface area contributed by atoms with Crippen LogP contribution in [0.5, 0.6) is 0 Å². The topological polar surface area (TPSA) is 70.4 Å². The van der Waals surface area contributed by atoms with Crippen LogP contribution in [-0.4, -0.2) is 52.9 Å². The average molecular weight is 504 g/mol. The van der Waals surface area contributed by atoms with E-state index in [9.17, 15) is 0 Å². The molecule has 1 atom stereocenters. The van der Waals surface area contributed by atoms with E-state index < -0.39 is 0 Å². The third-order valence-electron chi connectivity index (χ3n) is 4.29. The molecule has 1 unspecified atom stereocenters. The smallest absolute Gasteiger partial charge is 0.191 e. The summed E-state index contributed by atoms with van der Waals surface area (Å²) in [6, 6.07) is 6.01. The van der Waals surface area contributed by atoms with Crippen molar-refractivity contribution in [2.45, 2.75) is 32.4 Å². The predicted octanol–water partition coefficient (Wildman–Crippen LogP) is 2.77. The lowest BCUT2D eigenvalue weighted by molar-refractivity contribution is 0.581. The van der Waals surface area contributed by atoms with Crippen molar-refractivity contribution in [1.82, 2.24) is 25.4 Å². The van der Waals surface area contributed by atoms with E-state index in [1.807, 2.05) is 29.1 Å². The Balaban J connectivity index is 0.00000261. The molecule has 0 aliphatic carbocycles. The van der Waals surface area contributed by atoms with Crippen LogP contribution >= 0.6 is 35.6 Å². The van der Waals surface area contributed by atoms with Crippen LogP contribution in [0.4, 0.5) is 5.82 Å². The fourth-order valence-corrected chi connectivity index (χ4v) is 3.29. The van der Waals surface area contributed by atoms with Crippen LogP contribution in [0.25, 0.3) is 0 Å². The molecule has 148 valence electrons. The summed E-state index contributed by atoms with van der Waals surface area (Å²) < 4.78 is 1.93. The van der Waals surface area contributed by atoms with E-state index >= 15 is 0 Å². The second-order valence-corrected chi connectivity index (χ2v) is 6.68. The minimum Gasteiger partial charge on any atom is -0.357 e. The molecule has 0 spiro atoms. The first kappa shape index (κ1) is 21.7. The predicted molar refractivity (Wildman–Crippen MR) is 121 cm³/mol. The molecule has 2 aromatic rings. The molecule has 3 heterocycles. The molecule has 7 nitrogen and oxygen atoms in total. The number of hydrogen-bond acceptors (Lipinski definition) is 4. The maximum atomic E-state index is 6.27. The second-order valence-electron chi connectivity index (χ2n) is 6.27. The zero-order valence-corrected chi connectivity index (χ0v) is 18.6. The fraction of sp³-hybridized carbons (Fsp3) is 0.500. The Bertz CT molecular complexity index is 707. The Morgan fingerprint density at radius 2 is 2.26 bits per heavy atom. The van der Waals surface area contributed by atoms with Gasteiger partial charge in [0.15, 0.2) is 5.96 Å². The van der Waals surface area contributed by atoms with Crippen LogP contribution in [0.2, 0.25) is 5.02 Å². The Morgan fingerprint density at radius 3 is 3.00 bits per heavy atom. The number of nitrogens with one attached hydrogen (secondary N) is 2. The lowest BCUT2D eigenvalue weighted by atomic mass is 10.3. The van der Waals surface area contributed by atoms with Crippen molar-refractivity contribution in [3.05, 3.63) is 41.8 Å². The standard InChI is InChI=1S/C18H26ClN7.HI/c1-2-20-18(22-9-4-11-26-12-5-10-23-26)24-15-7-13-25(14-15)17-16(19)6-3-8-21-17;/h3,5-6,8,10,12,15H,2,4,7,9,11,13-14H2,1H3,(H2,20,22,24);1H. The molecule has 0 amide bonds. The number of anilines is 1.